The summed E-state index contributed by atoms with van der Waals surface area (Å²) < 4.78 is 24.2. The molecule has 10 heteroatoms. The van der Waals surface area contributed by atoms with E-state index in [0.717, 1.165) is 34.9 Å². The number of hydrogen-bond donors (Lipinski definition) is 1. The molecule has 5 atom stereocenters. The highest BCUT2D eigenvalue weighted by Gasteiger charge is 2.48. The topological polar surface area (TPSA) is 113 Å². The molecule has 0 aromatic heterocycles. The first kappa shape index (κ1) is 31.4. The van der Waals surface area contributed by atoms with Gasteiger partial charge in [-0.1, -0.05) is 77.2 Å². The second kappa shape index (κ2) is 14.6. The van der Waals surface area contributed by atoms with Crippen LogP contribution in [0.5, 0.6) is 0 Å². The number of carbonyl (C=O) groups excluding carboxylic acids is 2. The van der Waals surface area contributed by atoms with E-state index in [9.17, 15) is 9.59 Å². The number of carbonyl (C=O) groups is 2. The van der Waals surface area contributed by atoms with Gasteiger partial charge in [0.15, 0.2) is 5.54 Å². The summed E-state index contributed by atoms with van der Waals surface area (Å²) in [6.07, 6.45) is 1.18. The molecule has 222 valence electrons. The van der Waals surface area contributed by atoms with Crippen molar-refractivity contribution in [2.24, 2.45) is 10.7 Å². The second-order valence-electron chi connectivity index (χ2n) is 10.8. The van der Waals surface area contributed by atoms with Gasteiger partial charge in [0.25, 0.3) is 0 Å². The molecule has 1 fully saturated rings. The van der Waals surface area contributed by atoms with E-state index in [0.29, 0.717) is 25.5 Å². The van der Waals surface area contributed by atoms with E-state index in [4.69, 9.17) is 29.7 Å². The van der Waals surface area contributed by atoms with E-state index in [1.165, 1.54) is 12.7 Å². The van der Waals surface area contributed by atoms with Gasteiger partial charge in [0.1, 0.15) is 18.8 Å². The molecule has 0 saturated carbocycles. The first-order valence-electron chi connectivity index (χ1n) is 14.0. The minimum atomic E-state index is -1.14. The minimum absolute atomic E-state index is 0.119. The van der Waals surface area contributed by atoms with Gasteiger partial charge in [-0.05, 0) is 49.9 Å². The molecule has 2 N–H and O–H groups in total. The predicted octanol–water partition coefficient (Wildman–Crippen LogP) is 3.83. The minimum Gasteiger partial charge on any atom is -0.477 e. The average Bonchev–Trinajstić information content (AvgIpc) is 3.63. The molecular weight excluding hydrogens is 637 g/mol. The normalized spacial score (nSPS) is 22.9. The Bertz CT molecular complexity index is 1210. The van der Waals surface area contributed by atoms with Gasteiger partial charge in [0, 0.05) is 17.4 Å². The summed E-state index contributed by atoms with van der Waals surface area (Å²) in [6, 6.07) is 17.1. The zero-order valence-electron chi connectivity index (χ0n) is 24.0. The molecule has 0 unspecified atom stereocenters. The molecule has 0 bridgehead atoms. The van der Waals surface area contributed by atoms with Gasteiger partial charge in [-0.15, -0.1) is 0 Å². The number of likely N-dealkylation sites (tertiary alicyclic amines) is 1. The lowest BCUT2D eigenvalue weighted by atomic mass is 9.92. The first-order valence-corrected chi connectivity index (χ1v) is 15.6. The van der Waals surface area contributed by atoms with Crippen molar-refractivity contribution < 1.29 is 28.5 Å². The summed E-state index contributed by atoms with van der Waals surface area (Å²) in [6.45, 7) is 5.22. The smallest absolute Gasteiger partial charge is 0.337 e. The third-order valence-electron chi connectivity index (χ3n) is 7.57. The van der Waals surface area contributed by atoms with Crippen LogP contribution in [-0.4, -0.2) is 79.4 Å². The van der Waals surface area contributed by atoms with E-state index >= 15 is 0 Å². The van der Waals surface area contributed by atoms with Crippen LogP contribution in [0.2, 0.25) is 0 Å². The number of hydrogen-bond acceptors (Lipinski definition) is 9. The number of aliphatic imine (C=N–C) groups is 1. The Labute approximate surface area is 255 Å². The Morgan fingerprint density at radius 1 is 1.15 bits per heavy atom. The molecular formula is C31H40IN3O6. The van der Waals surface area contributed by atoms with Crippen LogP contribution in [0.3, 0.4) is 0 Å². The Morgan fingerprint density at radius 2 is 1.88 bits per heavy atom. The highest BCUT2D eigenvalue weighted by atomic mass is 127. The van der Waals surface area contributed by atoms with Gasteiger partial charge in [0.2, 0.25) is 5.90 Å². The molecule has 0 radical (unpaired) electrons. The zero-order chi connectivity index (χ0) is 29.4. The van der Waals surface area contributed by atoms with Gasteiger partial charge in [-0.3, -0.25) is 9.69 Å². The van der Waals surface area contributed by atoms with Gasteiger partial charge in [-0.25, -0.2) is 9.79 Å². The van der Waals surface area contributed by atoms with Crippen LogP contribution in [0.1, 0.15) is 43.4 Å². The first-order chi connectivity index (χ1) is 19.7. The third-order valence-corrected chi connectivity index (χ3v) is 8.45. The summed E-state index contributed by atoms with van der Waals surface area (Å²) in [5.41, 5.74) is 7.91. The molecule has 9 nitrogen and oxygen atoms in total. The molecule has 4 rings (SSSR count). The lowest BCUT2D eigenvalue weighted by molar-refractivity contribution is -0.160. The average molecular weight is 678 g/mol. The molecule has 2 aromatic rings. The number of alkyl halides is 1. The van der Waals surface area contributed by atoms with Crippen LogP contribution in [0.15, 0.2) is 59.6 Å². The van der Waals surface area contributed by atoms with E-state index in [2.05, 4.69) is 39.6 Å². The van der Waals surface area contributed by atoms with E-state index in [1.54, 1.807) is 6.92 Å². The van der Waals surface area contributed by atoms with Gasteiger partial charge < -0.3 is 24.7 Å². The lowest BCUT2D eigenvalue weighted by Gasteiger charge is -2.31. The van der Waals surface area contributed by atoms with Crippen molar-refractivity contribution in [2.45, 2.75) is 74.0 Å². The number of ether oxygens (including phenoxy) is 4. The largest absolute Gasteiger partial charge is 0.477 e. The second-order valence-corrected chi connectivity index (χ2v) is 11.6. The fourth-order valence-electron chi connectivity index (χ4n) is 5.26. The van der Waals surface area contributed by atoms with Crippen LogP contribution in [-0.2, 0) is 46.0 Å². The van der Waals surface area contributed by atoms with E-state index < -0.39 is 29.6 Å². The summed E-state index contributed by atoms with van der Waals surface area (Å²) in [4.78, 5) is 32.7. The van der Waals surface area contributed by atoms with E-state index in [-0.39, 0.29) is 18.8 Å². The monoisotopic (exact) mass is 677 g/mol. The number of nitrogens with zero attached hydrogens (tertiary/aromatic N) is 2. The van der Waals surface area contributed by atoms with Crippen molar-refractivity contribution in [3.63, 3.8) is 0 Å². The lowest BCUT2D eigenvalue weighted by Crippen LogP contribution is -2.47. The standard InChI is InChI=1S/C31H40IN3O6/c1-21(33)29(36)41-27(22(2)39-19-23-9-5-4-6-10-23)18-35-14-8-13-26(35)28-34-31(20-40-28,30(37)38-3)16-24-11-7-12-25(15-24)17-32/h4-7,9-12,15,21-22,26-27H,8,13-14,16-20,33H2,1-3H3/t21-,22+,26-,27+,31+/m0/s1. The molecule has 0 aliphatic carbocycles. The molecule has 2 aliphatic rings. The SMILES string of the molecule is COC(=O)[C@@]1(Cc2cccc(CI)c2)COC([C@@H]2CCCN2C[C@@H](OC(=O)[C@H](C)N)[C@@H](C)OCc2ccccc2)=N1. The summed E-state index contributed by atoms with van der Waals surface area (Å²) in [7, 11) is 1.38. The van der Waals surface area contributed by atoms with Crippen molar-refractivity contribution in [3.8, 4) is 0 Å². The Balaban J connectivity index is 1.51. The quantitative estimate of drug-likeness (QED) is 0.194. The molecule has 2 aliphatic heterocycles. The van der Waals surface area contributed by atoms with Gasteiger partial charge in [-0.2, -0.15) is 0 Å². The number of nitrogens with two attached hydrogens (primary N) is 1. The van der Waals surface area contributed by atoms with Crippen LogP contribution in [0.25, 0.3) is 0 Å². The Kier molecular flexibility index (Phi) is 11.2. The predicted molar refractivity (Wildman–Crippen MR) is 165 cm³/mol. The van der Waals surface area contributed by atoms with Crippen LogP contribution in [0, 0.1) is 0 Å². The van der Waals surface area contributed by atoms with Crippen LogP contribution < -0.4 is 5.73 Å². The molecule has 1 saturated heterocycles. The summed E-state index contributed by atoms with van der Waals surface area (Å²) in [5.74, 6) is -0.370. The number of benzene rings is 2. The third kappa shape index (κ3) is 8.06. The fourth-order valence-corrected chi connectivity index (χ4v) is 5.73. The highest BCUT2D eigenvalue weighted by molar-refractivity contribution is 14.1. The molecule has 41 heavy (non-hydrogen) atoms. The fraction of sp³-hybridized carbons (Fsp3) is 0.516. The number of halogens is 1. The summed E-state index contributed by atoms with van der Waals surface area (Å²) in [5, 5.41) is 0. The summed E-state index contributed by atoms with van der Waals surface area (Å²) >= 11 is 2.33. The number of rotatable bonds is 13. The maximum absolute atomic E-state index is 13.1. The molecule has 2 heterocycles. The molecule has 2 aromatic carbocycles. The van der Waals surface area contributed by atoms with Crippen molar-refractivity contribution in [3.05, 3.63) is 71.3 Å². The van der Waals surface area contributed by atoms with Crippen molar-refractivity contribution in [1.29, 1.82) is 0 Å². The number of methoxy groups -OCH3 is 1. The van der Waals surface area contributed by atoms with Crippen molar-refractivity contribution in [2.75, 3.05) is 26.8 Å². The van der Waals surface area contributed by atoms with Crippen LogP contribution in [0.4, 0.5) is 0 Å². The maximum atomic E-state index is 13.1. The molecule has 0 spiro atoms. The van der Waals surface area contributed by atoms with E-state index in [1.807, 2.05) is 49.4 Å². The Hall–Kier alpha value is -2.54. The zero-order valence-corrected chi connectivity index (χ0v) is 26.1. The van der Waals surface area contributed by atoms with Gasteiger partial charge in [0.05, 0.1) is 25.9 Å². The van der Waals surface area contributed by atoms with Crippen LogP contribution >= 0.6 is 22.6 Å². The van der Waals surface area contributed by atoms with Crippen molar-refractivity contribution in [1.82, 2.24) is 4.90 Å². The van der Waals surface area contributed by atoms with Gasteiger partial charge >= 0.3 is 11.9 Å². The molecule has 0 amide bonds. The number of esters is 2. The van der Waals surface area contributed by atoms with Crippen molar-refractivity contribution >= 4 is 40.4 Å². The highest BCUT2D eigenvalue weighted by Crippen LogP contribution is 2.31. The maximum Gasteiger partial charge on any atom is 0.337 e. The Morgan fingerprint density at radius 3 is 2.59 bits per heavy atom.